The predicted octanol–water partition coefficient (Wildman–Crippen LogP) is 2.39. The molecule has 0 bridgehead atoms. The molecule has 0 amide bonds. The normalized spacial score (nSPS) is 10.7. The zero-order valence-corrected chi connectivity index (χ0v) is 11.3. The molecule has 2 aromatic heterocycles. The van der Waals surface area contributed by atoms with Crippen LogP contribution in [0, 0.1) is 0 Å². The molecule has 0 aliphatic carbocycles. The van der Waals surface area contributed by atoms with Crippen molar-refractivity contribution in [1.82, 2.24) is 14.4 Å². The van der Waals surface area contributed by atoms with E-state index in [1.807, 2.05) is 35.0 Å². The van der Waals surface area contributed by atoms with Gasteiger partial charge in [0.1, 0.15) is 5.75 Å². The molecule has 0 aliphatic heterocycles. The van der Waals surface area contributed by atoms with Crippen LogP contribution in [-0.4, -0.2) is 28.0 Å². The van der Waals surface area contributed by atoms with Crippen LogP contribution in [0.2, 0.25) is 0 Å². The molecule has 0 radical (unpaired) electrons. The van der Waals surface area contributed by atoms with Crippen LogP contribution in [0.15, 0.2) is 49.1 Å². The molecule has 0 atom stereocenters. The number of rotatable bonds is 5. The minimum atomic E-state index is 0.778. The van der Waals surface area contributed by atoms with Crippen LogP contribution in [0.4, 0.5) is 5.82 Å². The van der Waals surface area contributed by atoms with Crippen molar-refractivity contribution in [3.05, 3.63) is 54.6 Å². The fourth-order valence-electron chi connectivity index (χ4n) is 2.20. The van der Waals surface area contributed by atoms with Crippen molar-refractivity contribution in [2.24, 2.45) is 0 Å². The highest BCUT2D eigenvalue weighted by Gasteiger charge is 2.04. The fourth-order valence-corrected chi connectivity index (χ4v) is 2.20. The Bertz CT molecular complexity index is 708. The van der Waals surface area contributed by atoms with E-state index in [0.29, 0.717) is 0 Å². The number of anilines is 1. The number of fused-ring (bicyclic) bond motifs is 1. The zero-order valence-electron chi connectivity index (χ0n) is 11.3. The summed E-state index contributed by atoms with van der Waals surface area (Å²) in [6, 6.07) is 8.04. The van der Waals surface area contributed by atoms with Crippen molar-refractivity contribution in [2.75, 3.05) is 19.0 Å². The van der Waals surface area contributed by atoms with Crippen molar-refractivity contribution in [2.45, 2.75) is 6.42 Å². The summed E-state index contributed by atoms with van der Waals surface area (Å²) in [5.41, 5.74) is 2.02. The first kappa shape index (κ1) is 12.5. The van der Waals surface area contributed by atoms with Crippen LogP contribution in [0.3, 0.4) is 0 Å². The van der Waals surface area contributed by atoms with Gasteiger partial charge in [-0.15, -0.1) is 0 Å². The van der Waals surface area contributed by atoms with Gasteiger partial charge in [-0.3, -0.25) is 0 Å². The highest BCUT2D eigenvalue weighted by Crippen LogP contribution is 2.18. The summed E-state index contributed by atoms with van der Waals surface area (Å²) in [5, 5.41) is 3.32. The number of nitrogens with zero attached hydrogens (tertiary/aromatic N) is 3. The van der Waals surface area contributed by atoms with Crippen LogP contribution >= 0.6 is 0 Å². The average Bonchev–Trinajstić information content (AvgIpc) is 2.97. The molecule has 5 nitrogen and oxygen atoms in total. The van der Waals surface area contributed by atoms with Crippen molar-refractivity contribution < 1.29 is 4.74 Å². The van der Waals surface area contributed by atoms with Crippen LogP contribution in [0.1, 0.15) is 5.56 Å². The Morgan fingerprint density at radius 3 is 2.80 bits per heavy atom. The second-order valence-corrected chi connectivity index (χ2v) is 4.42. The summed E-state index contributed by atoms with van der Waals surface area (Å²) in [5.74, 6) is 1.72. The molecule has 0 unspecified atom stereocenters. The van der Waals surface area contributed by atoms with Crippen LogP contribution in [0.5, 0.6) is 5.75 Å². The molecule has 2 heterocycles. The molecule has 1 aromatic carbocycles. The number of methoxy groups -OCH3 is 1. The molecule has 3 aromatic rings. The van der Waals surface area contributed by atoms with Gasteiger partial charge in [0.05, 0.1) is 7.11 Å². The Morgan fingerprint density at radius 2 is 1.95 bits per heavy atom. The quantitative estimate of drug-likeness (QED) is 0.772. The standard InChI is InChI=1S/C15H16N4O/c1-20-13-5-3-2-4-12(13)6-7-16-14-15-18-9-11-19(15)10-8-17-14/h2-5,8-11H,6-7H2,1H3,(H,16,17). The number of hydrogen-bond donors (Lipinski definition) is 1. The van der Waals surface area contributed by atoms with E-state index >= 15 is 0 Å². The van der Waals surface area contributed by atoms with Gasteiger partial charge in [0, 0.05) is 31.3 Å². The monoisotopic (exact) mass is 268 g/mol. The molecule has 3 rings (SSSR count). The summed E-state index contributed by atoms with van der Waals surface area (Å²) in [6.07, 6.45) is 8.19. The average molecular weight is 268 g/mol. The van der Waals surface area contributed by atoms with E-state index in [1.165, 1.54) is 5.56 Å². The molecule has 102 valence electrons. The van der Waals surface area contributed by atoms with Gasteiger partial charge >= 0.3 is 0 Å². The number of nitrogens with one attached hydrogen (secondary N) is 1. The van der Waals surface area contributed by atoms with E-state index < -0.39 is 0 Å². The maximum atomic E-state index is 5.35. The van der Waals surface area contributed by atoms with Crippen molar-refractivity contribution >= 4 is 11.5 Å². The second-order valence-electron chi connectivity index (χ2n) is 4.42. The van der Waals surface area contributed by atoms with Crippen LogP contribution < -0.4 is 10.1 Å². The Kier molecular flexibility index (Phi) is 3.50. The third-order valence-corrected chi connectivity index (χ3v) is 3.19. The second kappa shape index (κ2) is 5.61. The minimum absolute atomic E-state index is 0.778. The van der Waals surface area contributed by atoms with Gasteiger partial charge < -0.3 is 14.5 Å². The van der Waals surface area contributed by atoms with E-state index in [0.717, 1.165) is 30.2 Å². The van der Waals surface area contributed by atoms with Crippen molar-refractivity contribution in [3.63, 3.8) is 0 Å². The first-order valence-electron chi connectivity index (χ1n) is 6.52. The van der Waals surface area contributed by atoms with Gasteiger partial charge in [0.15, 0.2) is 11.5 Å². The number of ether oxygens (including phenoxy) is 1. The van der Waals surface area contributed by atoms with Crippen LogP contribution in [0.25, 0.3) is 5.65 Å². The highest BCUT2D eigenvalue weighted by molar-refractivity contribution is 5.62. The molecular formula is C15H16N4O. The van der Waals surface area contributed by atoms with Crippen molar-refractivity contribution in [1.29, 1.82) is 0 Å². The molecule has 0 saturated heterocycles. The number of aromatic nitrogens is 3. The molecule has 0 saturated carbocycles. The molecule has 20 heavy (non-hydrogen) atoms. The molecule has 0 spiro atoms. The maximum absolute atomic E-state index is 5.35. The number of hydrogen-bond acceptors (Lipinski definition) is 4. The third-order valence-electron chi connectivity index (χ3n) is 3.19. The summed E-state index contributed by atoms with van der Waals surface area (Å²) in [7, 11) is 1.69. The number of benzene rings is 1. The maximum Gasteiger partial charge on any atom is 0.180 e. The Hall–Kier alpha value is -2.56. The third kappa shape index (κ3) is 2.42. The minimum Gasteiger partial charge on any atom is -0.496 e. The van der Waals surface area contributed by atoms with Crippen LogP contribution in [-0.2, 0) is 6.42 Å². The Labute approximate surface area is 117 Å². The Balaban J connectivity index is 1.69. The molecule has 5 heteroatoms. The first-order valence-corrected chi connectivity index (χ1v) is 6.52. The first-order chi connectivity index (χ1) is 9.88. The smallest absolute Gasteiger partial charge is 0.180 e. The molecule has 1 N–H and O–H groups in total. The summed E-state index contributed by atoms with van der Waals surface area (Å²) in [6.45, 7) is 0.778. The predicted molar refractivity (Wildman–Crippen MR) is 78.2 cm³/mol. The largest absolute Gasteiger partial charge is 0.496 e. The van der Waals surface area contributed by atoms with E-state index in [4.69, 9.17) is 4.74 Å². The van der Waals surface area contributed by atoms with Gasteiger partial charge in [0.25, 0.3) is 0 Å². The highest BCUT2D eigenvalue weighted by atomic mass is 16.5. The van der Waals surface area contributed by atoms with E-state index in [2.05, 4.69) is 21.4 Å². The lowest BCUT2D eigenvalue weighted by molar-refractivity contribution is 0.410. The van der Waals surface area contributed by atoms with Crippen molar-refractivity contribution in [3.8, 4) is 5.75 Å². The zero-order chi connectivity index (χ0) is 13.8. The van der Waals surface area contributed by atoms with Gasteiger partial charge in [-0.1, -0.05) is 18.2 Å². The number of imidazole rings is 1. The summed E-state index contributed by atoms with van der Waals surface area (Å²) >= 11 is 0. The lowest BCUT2D eigenvalue weighted by Gasteiger charge is -2.09. The summed E-state index contributed by atoms with van der Waals surface area (Å²) < 4.78 is 7.29. The molecular weight excluding hydrogens is 252 g/mol. The summed E-state index contributed by atoms with van der Waals surface area (Å²) in [4.78, 5) is 8.62. The van der Waals surface area contributed by atoms with Gasteiger partial charge in [-0.25, -0.2) is 9.97 Å². The lowest BCUT2D eigenvalue weighted by atomic mass is 10.1. The van der Waals surface area contributed by atoms with Gasteiger partial charge in [-0.2, -0.15) is 0 Å². The van der Waals surface area contributed by atoms with E-state index in [1.54, 1.807) is 19.5 Å². The topological polar surface area (TPSA) is 51.5 Å². The van der Waals surface area contributed by atoms with E-state index in [9.17, 15) is 0 Å². The lowest BCUT2D eigenvalue weighted by Crippen LogP contribution is -2.08. The fraction of sp³-hybridized carbons (Fsp3) is 0.200. The SMILES string of the molecule is COc1ccccc1CCNc1nccn2ccnc12. The van der Waals surface area contributed by atoms with E-state index in [-0.39, 0.29) is 0 Å². The van der Waals surface area contributed by atoms with Gasteiger partial charge in [0.2, 0.25) is 0 Å². The molecule has 0 fully saturated rings. The molecule has 0 aliphatic rings. The number of para-hydroxylation sites is 1. The Morgan fingerprint density at radius 1 is 1.15 bits per heavy atom. The van der Waals surface area contributed by atoms with Gasteiger partial charge in [-0.05, 0) is 18.1 Å².